The smallest absolute Gasteiger partial charge is 0.262 e. The summed E-state index contributed by atoms with van der Waals surface area (Å²) in [6.45, 7) is 0.394. The number of carbonyl (C=O) groups is 2. The lowest BCUT2D eigenvalue weighted by Gasteiger charge is -2.34. The van der Waals surface area contributed by atoms with Crippen LogP contribution in [0.2, 0.25) is 0 Å². The van der Waals surface area contributed by atoms with Gasteiger partial charge < -0.3 is 9.47 Å². The predicted octanol–water partition coefficient (Wildman–Crippen LogP) is 5.64. The maximum Gasteiger partial charge on any atom is 0.262 e. The molecule has 2 aliphatic rings. The van der Waals surface area contributed by atoms with Gasteiger partial charge >= 0.3 is 0 Å². The van der Waals surface area contributed by atoms with Crippen LogP contribution in [-0.4, -0.2) is 22.8 Å². The van der Waals surface area contributed by atoms with Gasteiger partial charge in [-0.1, -0.05) is 66.2 Å². The second-order valence-electron chi connectivity index (χ2n) is 7.75. The molecule has 2 unspecified atom stereocenters. The fraction of sp³-hybridized carbons (Fsp3) is 0.111. The van der Waals surface area contributed by atoms with Crippen LogP contribution in [0.4, 0.5) is 0 Å². The largest absolute Gasteiger partial charge is 0.490 e. The van der Waals surface area contributed by atoms with Gasteiger partial charge in [0.1, 0.15) is 18.4 Å². The monoisotopic (exact) mass is 457 g/mol. The van der Waals surface area contributed by atoms with Gasteiger partial charge in [-0.2, -0.15) is 0 Å². The van der Waals surface area contributed by atoms with Crippen LogP contribution in [0.3, 0.4) is 0 Å². The average Bonchev–Trinajstić information content (AvgIpc) is 3.10. The third-order valence-corrected chi connectivity index (χ3v) is 6.01. The van der Waals surface area contributed by atoms with Crippen molar-refractivity contribution in [2.24, 2.45) is 0 Å². The van der Waals surface area contributed by atoms with Gasteiger partial charge in [-0.25, -0.2) is 0 Å². The van der Waals surface area contributed by atoms with Crippen molar-refractivity contribution in [3.05, 3.63) is 125 Å². The Morgan fingerprint density at radius 3 is 2.30 bits per heavy atom. The van der Waals surface area contributed by atoms with Crippen LogP contribution in [0, 0.1) is 0 Å². The van der Waals surface area contributed by atoms with Gasteiger partial charge in [-0.15, -0.1) is 0 Å². The molecule has 2 amide bonds. The second kappa shape index (κ2) is 8.96. The van der Waals surface area contributed by atoms with Gasteiger partial charge in [0, 0.05) is 0 Å². The van der Waals surface area contributed by atoms with Crippen LogP contribution in [0.1, 0.15) is 37.9 Å². The van der Waals surface area contributed by atoms with E-state index in [0.717, 1.165) is 5.56 Å². The average molecular weight is 458 g/mol. The highest BCUT2D eigenvalue weighted by molar-refractivity contribution is 6.30. The molecule has 0 radical (unpaired) electrons. The molecule has 2 heterocycles. The normalized spacial score (nSPS) is 17.9. The zero-order chi connectivity index (χ0) is 22.8. The number of hydrogen-bond donors (Lipinski definition) is 0. The van der Waals surface area contributed by atoms with E-state index in [0.29, 0.717) is 34.1 Å². The Bertz CT molecular complexity index is 1230. The number of imide groups is 1. The number of benzene rings is 3. The summed E-state index contributed by atoms with van der Waals surface area (Å²) in [6, 6.07) is 23.2. The van der Waals surface area contributed by atoms with E-state index in [2.05, 4.69) is 0 Å². The van der Waals surface area contributed by atoms with Crippen LogP contribution in [0.25, 0.3) is 0 Å². The summed E-state index contributed by atoms with van der Waals surface area (Å²) >= 11 is 6.50. The summed E-state index contributed by atoms with van der Waals surface area (Å²) < 4.78 is 11.8. The van der Waals surface area contributed by atoms with Crippen LogP contribution < -0.4 is 4.74 Å². The van der Waals surface area contributed by atoms with Crippen molar-refractivity contribution >= 4 is 23.4 Å². The van der Waals surface area contributed by atoms with E-state index in [1.165, 1.54) is 11.2 Å². The lowest BCUT2D eigenvalue weighted by molar-refractivity contribution is 0.0382. The first-order valence-electron chi connectivity index (χ1n) is 10.5. The van der Waals surface area contributed by atoms with Crippen molar-refractivity contribution in [3.63, 3.8) is 0 Å². The minimum atomic E-state index is -0.772. The van der Waals surface area contributed by atoms with Crippen molar-refractivity contribution in [2.75, 3.05) is 0 Å². The zero-order valence-corrected chi connectivity index (χ0v) is 18.3. The highest BCUT2D eigenvalue weighted by Gasteiger charge is 2.45. The number of allylic oxidation sites excluding steroid dienone is 2. The Morgan fingerprint density at radius 2 is 1.61 bits per heavy atom. The first-order valence-corrected chi connectivity index (χ1v) is 10.9. The zero-order valence-electron chi connectivity index (χ0n) is 17.6. The summed E-state index contributed by atoms with van der Waals surface area (Å²) in [7, 11) is 0. The number of halogens is 1. The summed E-state index contributed by atoms with van der Waals surface area (Å²) in [5, 5.41) is 0.398. The molecule has 164 valence electrons. The lowest BCUT2D eigenvalue weighted by atomic mass is 9.97. The molecule has 2 atom stereocenters. The highest BCUT2D eigenvalue weighted by Crippen LogP contribution is 2.39. The second-order valence-corrected chi connectivity index (χ2v) is 8.19. The molecule has 0 spiro atoms. The minimum Gasteiger partial charge on any atom is -0.490 e. The molecule has 0 saturated heterocycles. The van der Waals surface area contributed by atoms with Crippen LogP contribution in [0.15, 0.2) is 102 Å². The van der Waals surface area contributed by atoms with Gasteiger partial charge in [0.25, 0.3) is 11.8 Å². The SMILES string of the molecule is O=C1c2ccccc2C(=O)N1C(c1cccc(OCc2ccccc2)c1)C1OC=CC=C1Cl. The van der Waals surface area contributed by atoms with Gasteiger partial charge in [-0.3, -0.25) is 14.5 Å². The van der Waals surface area contributed by atoms with Gasteiger partial charge in [0.05, 0.1) is 22.4 Å². The Morgan fingerprint density at radius 1 is 0.909 bits per heavy atom. The van der Waals surface area contributed by atoms with Crippen molar-refractivity contribution in [1.82, 2.24) is 4.90 Å². The van der Waals surface area contributed by atoms with Crippen molar-refractivity contribution < 1.29 is 19.1 Å². The van der Waals surface area contributed by atoms with Crippen molar-refractivity contribution in [2.45, 2.75) is 18.8 Å². The van der Waals surface area contributed by atoms with E-state index >= 15 is 0 Å². The summed E-state index contributed by atoms with van der Waals surface area (Å²) in [4.78, 5) is 27.8. The topological polar surface area (TPSA) is 55.8 Å². The molecular weight excluding hydrogens is 438 g/mol. The first-order chi connectivity index (χ1) is 16.1. The number of nitrogens with zero attached hydrogens (tertiary/aromatic N) is 1. The Balaban J connectivity index is 1.51. The number of hydrogen-bond acceptors (Lipinski definition) is 4. The van der Waals surface area contributed by atoms with E-state index in [1.807, 2.05) is 54.6 Å². The van der Waals surface area contributed by atoms with E-state index < -0.39 is 12.1 Å². The molecule has 0 aliphatic carbocycles. The van der Waals surface area contributed by atoms with Crippen LogP contribution in [0.5, 0.6) is 5.75 Å². The molecule has 0 bridgehead atoms. The molecule has 3 aromatic rings. The quantitative estimate of drug-likeness (QED) is 0.449. The van der Waals surface area contributed by atoms with E-state index in [1.54, 1.807) is 36.4 Å². The molecule has 0 aromatic heterocycles. The third kappa shape index (κ3) is 4.03. The standard InChI is InChI=1S/C27H20ClNO4/c28-23-14-7-15-32-25(23)24(29-26(30)21-12-4-5-13-22(21)27(29)31)19-10-6-11-20(16-19)33-17-18-8-2-1-3-9-18/h1-16,24-25H,17H2. The number of rotatable bonds is 6. The third-order valence-electron chi connectivity index (χ3n) is 5.67. The van der Waals surface area contributed by atoms with E-state index in [4.69, 9.17) is 21.1 Å². The molecule has 3 aromatic carbocycles. The molecule has 6 heteroatoms. The molecule has 33 heavy (non-hydrogen) atoms. The maximum atomic E-state index is 13.3. The summed E-state index contributed by atoms with van der Waals surface area (Å²) in [6.07, 6.45) is 4.16. The summed E-state index contributed by atoms with van der Waals surface area (Å²) in [5.74, 6) is -0.137. The molecule has 5 rings (SSSR count). The molecule has 0 saturated carbocycles. The summed E-state index contributed by atoms with van der Waals surface area (Å²) in [5.41, 5.74) is 2.46. The minimum absolute atomic E-state index is 0.371. The van der Waals surface area contributed by atoms with Crippen molar-refractivity contribution in [1.29, 1.82) is 0 Å². The number of fused-ring (bicyclic) bond motifs is 1. The first kappa shape index (κ1) is 21.0. The Hall–Kier alpha value is -3.83. The molecule has 0 N–H and O–H groups in total. The number of amides is 2. The maximum absolute atomic E-state index is 13.3. The molecular formula is C27H20ClNO4. The van der Waals surface area contributed by atoms with Gasteiger partial charge in [0.15, 0.2) is 6.10 Å². The Labute approximate surface area is 196 Å². The van der Waals surface area contributed by atoms with E-state index in [-0.39, 0.29) is 11.8 Å². The highest BCUT2D eigenvalue weighted by atomic mass is 35.5. The molecule has 0 fully saturated rings. The van der Waals surface area contributed by atoms with E-state index in [9.17, 15) is 9.59 Å². The Kier molecular flexibility index (Phi) is 5.71. The predicted molar refractivity (Wildman–Crippen MR) is 125 cm³/mol. The van der Waals surface area contributed by atoms with Gasteiger partial charge in [0.2, 0.25) is 0 Å². The van der Waals surface area contributed by atoms with Crippen molar-refractivity contribution in [3.8, 4) is 5.75 Å². The fourth-order valence-corrected chi connectivity index (χ4v) is 4.34. The molecule has 2 aliphatic heterocycles. The number of ether oxygens (including phenoxy) is 2. The van der Waals surface area contributed by atoms with Gasteiger partial charge in [-0.05, 0) is 47.5 Å². The fourth-order valence-electron chi connectivity index (χ4n) is 4.10. The van der Waals surface area contributed by atoms with Crippen LogP contribution >= 0.6 is 11.6 Å². The molecule has 5 nitrogen and oxygen atoms in total. The number of carbonyl (C=O) groups excluding carboxylic acids is 2. The van der Waals surface area contributed by atoms with Crippen LogP contribution in [-0.2, 0) is 11.3 Å². The lowest BCUT2D eigenvalue weighted by Crippen LogP contribution is -2.41.